The average molecular weight is 1250 g/mol. The van der Waals surface area contributed by atoms with Crippen molar-refractivity contribution in [1.29, 1.82) is 0 Å². The van der Waals surface area contributed by atoms with Gasteiger partial charge < -0.3 is 84.0 Å². The smallest absolute Gasteiger partial charge is 0.380 e. The first-order valence-electron chi connectivity index (χ1n) is 26.9. The molecule has 13 atom stereocenters. The van der Waals surface area contributed by atoms with Crippen molar-refractivity contribution in [2.75, 3.05) is 25.5 Å². The van der Waals surface area contributed by atoms with Crippen LogP contribution in [0.2, 0.25) is 0 Å². The first kappa shape index (κ1) is 68.9. The Morgan fingerprint density at radius 3 is 1.43 bits per heavy atom. The maximum Gasteiger partial charge on any atom is 0.380 e. The number of aliphatic hydroxyl groups excluding tert-OH is 2. The predicted octanol–water partition coefficient (Wildman–Crippen LogP) is 0.831. The van der Waals surface area contributed by atoms with Gasteiger partial charge in [0, 0.05) is 17.7 Å². The van der Waals surface area contributed by atoms with Gasteiger partial charge in [-0.2, -0.15) is 9.13 Å². The van der Waals surface area contributed by atoms with E-state index in [0.29, 0.717) is 11.3 Å². The highest BCUT2D eigenvalue weighted by molar-refractivity contribution is 7.54. The lowest BCUT2D eigenvalue weighted by molar-refractivity contribution is -0.766. The van der Waals surface area contributed by atoms with Crippen molar-refractivity contribution >= 4 is 38.9 Å². The van der Waals surface area contributed by atoms with E-state index in [1.54, 1.807) is 137 Å². The fourth-order valence-electron chi connectivity index (χ4n) is 9.52. The van der Waals surface area contributed by atoms with Gasteiger partial charge in [0.2, 0.25) is 0 Å². The number of rotatable bonds is 23. The van der Waals surface area contributed by atoms with Crippen molar-refractivity contribution in [1.82, 2.24) is 0 Å². The monoisotopic (exact) mass is 1250 g/mol. The van der Waals surface area contributed by atoms with Gasteiger partial charge in [-0.05, 0) is 96.0 Å². The number of ether oxygens (including phenoxy) is 6. The molecule has 3 aliphatic rings. The number of nitrogens with two attached hydrogens (primary N) is 2. The van der Waals surface area contributed by atoms with Crippen LogP contribution in [0.15, 0.2) is 122 Å². The number of halogens is 2. The summed E-state index contributed by atoms with van der Waals surface area (Å²) in [6.45, 7) is 15.6. The molecule has 3 unspecified atom stereocenters. The van der Waals surface area contributed by atoms with E-state index in [1.807, 2.05) is 26.8 Å². The van der Waals surface area contributed by atoms with Crippen molar-refractivity contribution in [2.45, 2.75) is 130 Å². The van der Waals surface area contributed by atoms with E-state index >= 15 is 0 Å². The van der Waals surface area contributed by atoms with E-state index in [1.165, 1.54) is 16.8 Å². The molecule has 0 bridgehead atoms. The van der Waals surface area contributed by atoms with E-state index in [-0.39, 0.29) is 67.3 Å². The van der Waals surface area contributed by atoms with E-state index in [2.05, 4.69) is 12.1 Å². The molecule has 3 saturated heterocycles. The Kier molecular flexibility index (Phi) is 25.0. The molecule has 84 heavy (non-hydrogen) atoms. The van der Waals surface area contributed by atoms with Crippen LogP contribution in [-0.4, -0.2) is 108 Å². The second kappa shape index (κ2) is 30.5. The maximum atomic E-state index is 14.3. The number of hydrogen-bond acceptors (Lipinski definition) is 18. The summed E-state index contributed by atoms with van der Waals surface area (Å²) in [5.41, 5.74) is 15.5. The van der Waals surface area contributed by atoms with Crippen molar-refractivity contribution in [3.8, 4) is 11.5 Å². The molecule has 0 aliphatic carbocycles. The van der Waals surface area contributed by atoms with Gasteiger partial charge in [0.25, 0.3) is 24.3 Å². The van der Waals surface area contributed by atoms with Crippen LogP contribution in [0.25, 0.3) is 0 Å². The molecule has 3 aliphatic heterocycles. The Labute approximate surface area is 501 Å². The zero-order chi connectivity index (χ0) is 59.6. The third-order valence-electron chi connectivity index (χ3n) is 13.3. The lowest BCUT2D eigenvalue weighted by atomic mass is 9.99. The van der Waals surface area contributed by atoms with E-state index in [0.717, 1.165) is 22.3 Å². The molecule has 26 heteroatoms. The van der Waals surface area contributed by atoms with E-state index < -0.39 is 113 Å². The SMILES string of the molecule is CC(C)OC(=O)[C@H](C)CP(=O)(OC[C@H]1O[C@@H]([n+]2cccc(C(N)=O)c2)[C@H](O)[C@@H]1O)Oc1ccccc1.Cc1cc(C)c(C2O[C@@H]3[C@H](O2)[C@@H](COP(=O)(C[C@@H](C)C(=O)OC(C)C)Oc2ccccc2)O[C@H]3[n+]2cccc(C(N)=O)c2)c(C)c1.[Cl-].[Cl-]. The number of nitrogens with zero attached hydrogens (tertiary/aromatic N) is 2. The number of amides is 2. The Morgan fingerprint density at radius 2 is 0.988 bits per heavy atom. The molecule has 3 fully saturated rings. The number of aromatic nitrogens is 2. The first-order chi connectivity index (χ1) is 38.8. The Hall–Kier alpha value is -5.84. The van der Waals surface area contributed by atoms with Crippen LogP contribution in [0.1, 0.15) is 103 Å². The van der Waals surface area contributed by atoms with E-state index in [4.69, 9.17) is 58.0 Å². The summed E-state index contributed by atoms with van der Waals surface area (Å²) >= 11 is 0. The average Bonchev–Trinajstić information content (AvgIpc) is 4.07. The minimum absolute atomic E-state index is 0. The molecule has 2 aromatic heterocycles. The first-order valence-corrected chi connectivity index (χ1v) is 30.3. The van der Waals surface area contributed by atoms with Gasteiger partial charge in [-0.15, -0.1) is 0 Å². The molecule has 3 aromatic carbocycles. The molecule has 0 spiro atoms. The third kappa shape index (κ3) is 18.1. The number of primary amides is 2. The summed E-state index contributed by atoms with van der Waals surface area (Å²) in [6.07, 6.45) is -3.20. The van der Waals surface area contributed by atoms with Gasteiger partial charge in [-0.3, -0.25) is 28.2 Å². The summed E-state index contributed by atoms with van der Waals surface area (Å²) in [6, 6.07) is 27.5. The topological polar surface area (TPSA) is 295 Å². The standard InChI is InChI=1S/C34H41N2O9P.C24H31N2O9P.2ClH/c1-20(2)41-33(38)24(6)19-46(39,45-26-12-8-7-9-13-26)40-18-27-29-30(32(42-27)36-14-10-11-25(17-36)31(35)37)44-34(43-29)28-22(4)15-21(3)16-23(28)5;1-15(2)33-24(30)16(3)14-36(31,35-18-9-5-4-6-10-18)32-13-19-20(27)21(28)23(34-19)26-11-7-8-17(12-26)22(25)29;;/h7-17,20,24,27,29-30,32,34H,18-19H2,1-6H3,(H-,35,37);4-12,15-16,19-21,23,27-28H,13-14H2,1-3H3,(H-,25,29);2*1H/t24-,27-,29-,30-,32-,34?,46?;16-,19-,20-,21-,23-,36?;;/m11../s1. The van der Waals surface area contributed by atoms with Gasteiger partial charge in [-0.25, -0.2) is 9.13 Å². The number of fused-ring (bicyclic) bond motifs is 1. The lowest BCUT2D eigenvalue weighted by Gasteiger charge is -2.25. The Bertz CT molecular complexity index is 3110. The van der Waals surface area contributed by atoms with Crippen molar-refractivity contribution in [3.63, 3.8) is 0 Å². The quantitative estimate of drug-likeness (QED) is 0.0400. The molecule has 458 valence electrons. The zero-order valence-corrected chi connectivity index (χ0v) is 51.3. The largest absolute Gasteiger partial charge is 1.00 e. The molecular weight excluding hydrogens is 1170 g/mol. The number of benzene rings is 3. The van der Waals surface area contributed by atoms with Crippen molar-refractivity contribution in [2.24, 2.45) is 23.3 Å². The number of para-hydroxylation sites is 2. The van der Waals surface area contributed by atoms with Gasteiger partial charge in [-0.1, -0.05) is 67.9 Å². The molecule has 2 amide bonds. The zero-order valence-electron chi connectivity index (χ0n) is 48.0. The van der Waals surface area contributed by atoms with Gasteiger partial charge >= 0.3 is 27.1 Å². The summed E-state index contributed by atoms with van der Waals surface area (Å²) in [4.78, 5) is 48.5. The third-order valence-corrected chi connectivity index (χ3v) is 17.4. The Balaban J connectivity index is 0.000000309. The summed E-state index contributed by atoms with van der Waals surface area (Å²) < 4.78 is 90.2. The summed E-state index contributed by atoms with van der Waals surface area (Å²) in [7, 11) is -7.88. The van der Waals surface area contributed by atoms with Crippen LogP contribution in [0.5, 0.6) is 11.5 Å². The molecule has 6 N–H and O–H groups in total. The maximum absolute atomic E-state index is 14.3. The van der Waals surface area contributed by atoms with Gasteiger partial charge in [0.05, 0.1) is 49.6 Å². The van der Waals surface area contributed by atoms with Crippen LogP contribution in [0.4, 0.5) is 0 Å². The fourth-order valence-corrected chi connectivity index (χ4v) is 13.3. The van der Waals surface area contributed by atoms with Crippen LogP contribution >= 0.6 is 15.2 Å². The molecule has 22 nitrogen and oxygen atoms in total. The van der Waals surface area contributed by atoms with Gasteiger partial charge in [0.1, 0.15) is 47.0 Å². The molecule has 0 saturated carbocycles. The van der Waals surface area contributed by atoms with Gasteiger partial charge in [0.15, 0.2) is 43.3 Å². The highest BCUT2D eigenvalue weighted by Crippen LogP contribution is 2.53. The van der Waals surface area contributed by atoms with Crippen LogP contribution < -0.4 is 54.5 Å². The number of aryl methyl sites for hydroxylation is 3. The number of carbonyl (C=O) groups is 4. The molecular formula is C58H74Cl2N4O18P2. The number of esters is 2. The van der Waals surface area contributed by atoms with Crippen LogP contribution in [-0.2, 0) is 56.2 Å². The highest BCUT2D eigenvalue weighted by atomic mass is 35.5. The molecule has 5 heterocycles. The van der Waals surface area contributed by atoms with Crippen molar-refractivity contribution in [3.05, 3.63) is 155 Å². The van der Waals surface area contributed by atoms with E-state index in [9.17, 15) is 38.5 Å². The normalized spacial score (nSPS) is 23.7. The fraction of sp³-hybridized carbons (Fsp3) is 0.448. The second-order valence-electron chi connectivity index (χ2n) is 21.0. The second-order valence-corrected chi connectivity index (χ2v) is 25.1. The lowest BCUT2D eigenvalue weighted by Crippen LogP contribution is -3.00. The van der Waals surface area contributed by atoms with Crippen LogP contribution in [0.3, 0.4) is 0 Å². The molecule has 8 rings (SSSR count). The molecule has 0 radical (unpaired) electrons. The molecule has 5 aromatic rings. The summed E-state index contributed by atoms with van der Waals surface area (Å²) in [5.74, 6) is -3.26. The summed E-state index contributed by atoms with van der Waals surface area (Å²) in [5, 5.41) is 21.1. The number of carbonyl (C=O) groups excluding carboxylic acids is 4. The minimum Gasteiger partial charge on any atom is -1.00 e. The number of pyridine rings is 2. The Morgan fingerprint density at radius 1 is 0.571 bits per heavy atom. The highest BCUT2D eigenvalue weighted by Gasteiger charge is 2.58. The number of aliphatic hydroxyl groups is 2. The predicted molar refractivity (Wildman–Crippen MR) is 295 cm³/mol. The van der Waals surface area contributed by atoms with Crippen LogP contribution in [0, 0.1) is 32.6 Å². The minimum atomic E-state index is -3.95. The number of hydrogen-bond donors (Lipinski definition) is 4. The van der Waals surface area contributed by atoms with Crippen molar-refractivity contribution < 1.29 is 119 Å².